The number of hydrogen-bond donors (Lipinski definition) is 0. The molecule has 0 amide bonds. The van der Waals surface area contributed by atoms with Gasteiger partial charge < -0.3 is 9.47 Å². The van der Waals surface area contributed by atoms with Gasteiger partial charge in [0, 0.05) is 51.3 Å². The summed E-state index contributed by atoms with van der Waals surface area (Å²) in [7, 11) is 0. The highest BCUT2D eigenvalue weighted by Crippen LogP contribution is 2.34. The quantitative estimate of drug-likeness (QED) is 0.752. The third-order valence-electron chi connectivity index (χ3n) is 5.90. The average molecular weight is 367 g/mol. The first-order valence-corrected chi connectivity index (χ1v) is 10.1. The fourth-order valence-electron chi connectivity index (χ4n) is 4.25. The van der Waals surface area contributed by atoms with E-state index in [9.17, 15) is 0 Å². The van der Waals surface area contributed by atoms with Crippen molar-refractivity contribution in [3.05, 3.63) is 66.2 Å². The SMILES string of the molecule is c1ccc(OCCN2CCN(CC3(c4ccccc4)CCOC3)CC2)cc1. The van der Waals surface area contributed by atoms with Gasteiger partial charge in [-0.3, -0.25) is 9.80 Å². The molecule has 2 heterocycles. The first kappa shape index (κ1) is 18.5. The summed E-state index contributed by atoms with van der Waals surface area (Å²) in [5.41, 5.74) is 1.60. The van der Waals surface area contributed by atoms with Gasteiger partial charge in [-0.05, 0) is 24.1 Å². The minimum Gasteiger partial charge on any atom is -0.492 e. The van der Waals surface area contributed by atoms with E-state index in [0.717, 1.165) is 71.3 Å². The van der Waals surface area contributed by atoms with Crippen LogP contribution in [0.3, 0.4) is 0 Å². The standard InChI is InChI=1S/C23H30N2O2/c1-3-7-21(8-4-1)23(11-17-26-20-23)19-25-14-12-24(13-15-25)16-18-27-22-9-5-2-6-10-22/h1-10H,11-20H2. The summed E-state index contributed by atoms with van der Waals surface area (Å²) >= 11 is 0. The van der Waals surface area contributed by atoms with Crippen molar-refractivity contribution >= 4 is 0 Å². The van der Waals surface area contributed by atoms with Gasteiger partial charge in [-0.1, -0.05) is 48.5 Å². The maximum absolute atomic E-state index is 5.85. The topological polar surface area (TPSA) is 24.9 Å². The van der Waals surface area contributed by atoms with Gasteiger partial charge in [0.05, 0.1) is 6.61 Å². The molecule has 2 aromatic rings. The molecule has 0 saturated carbocycles. The Labute approximate surface area is 162 Å². The Morgan fingerprint density at radius 2 is 1.52 bits per heavy atom. The zero-order chi connectivity index (χ0) is 18.4. The van der Waals surface area contributed by atoms with Crippen LogP contribution in [0.15, 0.2) is 60.7 Å². The number of nitrogens with zero attached hydrogens (tertiary/aromatic N) is 2. The molecule has 2 aliphatic heterocycles. The van der Waals surface area contributed by atoms with Crippen LogP contribution in [-0.4, -0.2) is 68.9 Å². The Morgan fingerprint density at radius 1 is 0.852 bits per heavy atom. The molecule has 0 spiro atoms. The summed E-state index contributed by atoms with van der Waals surface area (Å²) in [5, 5.41) is 0. The van der Waals surface area contributed by atoms with Crippen molar-refractivity contribution in [2.75, 3.05) is 59.1 Å². The second-order valence-electron chi connectivity index (χ2n) is 7.73. The van der Waals surface area contributed by atoms with E-state index >= 15 is 0 Å². The van der Waals surface area contributed by atoms with E-state index in [1.807, 2.05) is 30.3 Å². The normalized spacial score (nSPS) is 24.1. The molecule has 27 heavy (non-hydrogen) atoms. The summed E-state index contributed by atoms with van der Waals surface area (Å²) < 4.78 is 11.7. The summed E-state index contributed by atoms with van der Waals surface area (Å²) in [6.45, 7) is 9.06. The van der Waals surface area contributed by atoms with E-state index < -0.39 is 0 Å². The molecule has 0 radical (unpaired) electrons. The molecule has 2 aliphatic rings. The Kier molecular flexibility index (Phi) is 6.07. The molecule has 1 unspecified atom stereocenters. The summed E-state index contributed by atoms with van der Waals surface area (Å²) in [5.74, 6) is 0.960. The predicted molar refractivity (Wildman–Crippen MR) is 108 cm³/mol. The van der Waals surface area contributed by atoms with Crippen molar-refractivity contribution in [2.45, 2.75) is 11.8 Å². The fourth-order valence-corrected chi connectivity index (χ4v) is 4.25. The number of hydrogen-bond acceptors (Lipinski definition) is 4. The molecule has 2 fully saturated rings. The van der Waals surface area contributed by atoms with Crippen LogP contribution in [0.5, 0.6) is 5.75 Å². The Balaban J connectivity index is 1.25. The zero-order valence-corrected chi connectivity index (χ0v) is 16.1. The molecular formula is C23H30N2O2. The van der Waals surface area contributed by atoms with E-state index in [-0.39, 0.29) is 5.41 Å². The highest BCUT2D eigenvalue weighted by molar-refractivity contribution is 5.27. The molecule has 4 nitrogen and oxygen atoms in total. The predicted octanol–water partition coefficient (Wildman–Crippen LogP) is 3.04. The molecule has 0 aromatic heterocycles. The molecule has 0 aliphatic carbocycles. The molecular weight excluding hydrogens is 336 g/mol. The van der Waals surface area contributed by atoms with Gasteiger partial charge >= 0.3 is 0 Å². The number of benzene rings is 2. The first-order valence-electron chi connectivity index (χ1n) is 10.1. The fraction of sp³-hybridized carbons (Fsp3) is 0.478. The van der Waals surface area contributed by atoms with E-state index in [1.165, 1.54) is 5.56 Å². The second kappa shape index (κ2) is 8.87. The zero-order valence-electron chi connectivity index (χ0n) is 16.1. The molecule has 2 saturated heterocycles. The van der Waals surface area contributed by atoms with Crippen LogP contribution < -0.4 is 4.74 Å². The molecule has 1 atom stereocenters. The van der Waals surface area contributed by atoms with Gasteiger partial charge in [-0.25, -0.2) is 0 Å². The minimum absolute atomic E-state index is 0.167. The molecule has 0 N–H and O–H groups in total. The number of para-hydroxylation sites is 1. The van der Waals surface area contributed by atoms with Crippen LogP contribution in [0.2, 0.25) is 0 Å². The van der Waals surface area contributed by atoms with E-state index in [2.05, 4.69) is 40.1 Å². The highest BCUT2D eigenvalue weighted by atomic mass is 16.5. The maximum atomic E-state index is 5.85. The lowest BCUT2D eigenvalue weighted by molar-refractivity contribution is 0.0910. The van der Waals surface area contributed by atoms with Gasteiger partial charge in [0.15, 0.2) is 0 Å². The lowest BCUT2D eigenvalue weighted by Crippen LogP contribution is -2.51. The third kappa shape index (κ3) is 4.70. The van der Waals surface area contributed by atoms with Crippen molar-refractivity contribution in [3.8, 4) is 5.75 Å². The van der Waals surface area contributed by atoms with Crippen molar-refractivity contribution in [2.24, 2.45) is 0 Å². The summed E-state index contributed by atoms with van der Waals surface area (Å²) in [4.78, 5) is 5.13. The van der Waals surface area contributed by atoms with E-state index in [0.29, 0.717) is 0 Å². The number of rotatable bonds is 7. The van der Waals surface area contributed by atoms with Crippen molar-refractivity contribution in [3.63, 3.8) is 0 Å². The molecule has 4 rings (SSSR count). The lowest BCUT2D eigenvalue weighted by Gasteiger charge is -2.40. The molecule has 2 aromatic carbocycles. The summed E-state index contributed by atoms with van der Waals surface area (Å²) in [6.07, 6.45) is 1.13. The van der Waals surface area contributed by atoms with Crippen molar-refractivity contribution in [1.82, 2.24) is 9.80 Å². The monoisotopic (exact) mass is 366 g/mol. The van der Waals surface area contributed by atoms with Crippen LogP contribution in [-0.2, 0) is 10.2 Å². The van der Waals surface area contributed by atoms with Crippen molar-refractivity contribution < 1.29 is 9.47 Å². The van der Waals surface area contributed by atoms with Crippen LogP contribution in [0.4, 0.5) is 0 Å². The summed E-state index contributed by atoms with van der Waals surface area (Å²) in [6, 6.07) is 21.0. The molecule has 144 valence electrons. The van der Waals surface area contributed by atoms with E-state index in [4.69, 9.17) is 9.47 Å². The lowest BCUT2D eigenvalue weighted by atomic mass is 9.79. The Morgan fingerprint density at radius 3 is 2.19 bits per heavy atom. The van der Waals surface area contributed by atoms with Crippen LogP contribution in [0.1, 0.15) is 12.0 Å². The largest absolute Gasteiger partial charge is 0.492 e. The van der Waals surface area contributed by atoms with E-state index in [1.54, 1.807) is 0 Å². The van der Waals surface area contributed by atoms with Gasteiger partial charge in [0.25, 0.3) is 0 Å². The molecule has 4 heteroatoms. The van der Waals surface area contributed by atoms with Crippen LogP contribution >= 0.6 is 0 Å². The van der Waals surface area contributed by atoms with Gasteiger partial charge in [-0.15, -0.1) is 0 Å². The molecule has 0 bridgehead atoms. The Bertz CT molecular complexity index is 678. The average Bonchev–Trinajstić information content (AvgIpc) is 3.21. The van der Waals surface area contributed by atoms with Crippen LogP contribution in [0, 0.1) is 0 Å². The maximum Gasteiger partial charge on any atom is 0.119 e. The van der Waals surface area contributed by atoms with Crippen LogP contribution in [0.25, 0.3) is 0 Å². The van der Waals surface area contributed by atoms with Crippen molar-refractivity contribution in [1.29, 1.82) is 0 Å². The van der Waals surface area contributed by atoms with Gasteiger partial charge in [-0.2, -0.15) is 0 Å². The smallest absolute Gasteiger partial charge is 0.119 e. The number of piperazine rings is 1. The minimum atomic E-state index is 0.167. The Hall–Kier alpha value is -1.88. The second-order valence-corrected chi connectivity index (χ2v) is 7.73. The number of ether oxygens (including phenoxy) is 2. The third-order valence-corrected chi connectivity index (χ3v) is 5.90. The van der Waals surface area contributed by atoms with Gasteiger partial charge in [0.1, 0.15) is 12.4 Å². The van der Waals surface area contributed by atoms with Gasteiger partial charge in [0.2, 0.25) is 0 Å². The highest BCUT2D eigenvalue weighted by Gasteiger charge is 2.38. The first-order chi connectivity index (χ1) is 13.3.